The van der Waals surface area contributed by atoms with Crippen molar-refractivity contribution in [3.63, 3.8) is 0 Å². The van der Waals surface area contributed by atoms with Gasteiger partial charge in [0.05, 0.1) is 0 Å². The van der Waals surface area contributed by atoms with Gasteiger partial charge in [-0.1, -0.05) is 29.0 Å². The number of aryl methyl sites for hydroxylation is 1. The molecule has 0 radical (unpaired) electrons. The summed E-state index contributed by atoms with van der Waals surface area (Å²) in [4.78, 5) is 12.3. The van der Waals surface area contributed by atoms with Gasteiger partial charge in [0.15, 0.2) is 0 Å². The summed E-state index contributed by atoms with van der Waals surface area (Å²) in [5.74, 6) is 1.59. The van der Waals surface area contributed by atoms with E-state index in [1.807, 2.05) is 19.1 Å². The largest absolute Gasteiger partial charge is 0.296 e. The molecule has 6 rings (SSSR count). The predicted molar refractivity (Wildman–Crippen MR) is 110 cm³/mol. The van der Waals surface area contributed by atoms with Gasteiger partial charge in [-0.15, -0.1) is 10.2 Å². The zero-order valence-corrected chi connectivity index (χ0v) is 17.9. The van der Waals surface area contributed by atoms with Crippen LogP contribution in [0.25, 0.3) is 0 Å². The van der Waals surface area contributed by atoms with E-state index >= 15 is 0 Å². The van der Waals surface area contributed by atoms with Gasteiger partial charge in [-0.05, 0) is 75.3 Å². The second kappa shape index (κ2) is 6.85. The van der Waals surface area contributed by atoms with Gasteiger partial charge in [0.25, 0.3) is 15.9 Å². The lowest BCUT2D eigenvalue weighted by Gasteiger charge is -2.56. The van der Waals surface area contributed by atoms with Crippen LogP contribution >= 0.6 is 11.3 Å². The fraction of sp³-hybridized carbons (Fsp3) is 0.550. The minimum Gasteiger partial charge on any atom is -0.296 e. The molecule has 4 fully saturated rings. The molecule has 1 amide bonds. The van der Waals surface area contributed by atoms with Crippen molar-refractivity contribution in [1.82, 2.24) is 14.9 Å². The molecule has 1 aromatic heterocycles. The van der Waals surface area contributed by atoms with Crippen molar-refractivity contribution in [1.29, 1.82) is 0 Å². The third-order valence-electron chi connectivity index (χ3n) is 6.56. The summed E-state index contributed by atoms with van der Waals surface area (Å²) in [5.41, 5.74) is 1.22. The normalized spacial score (nSPS) is 30.4. The minimum atomic E-state index is -3.76. The quantitative estimate of drug-likeness (QED) is 0.706. The van der Waals surface area contributed by atoms with Crippen molar-refractivity contribution < 1.29 is 13.2 Å². The summed E-state index contributed by atoms with van der Waals surface area (Å²) in [5, 5.41) is 10.6. The van der Waals surface area contributed by atoms with Gasteiger partial charge < -0.3 is 0 Å². The molecule has 4 aliphatic carbocycles. The van der Waals surface area contributed by atoms with E-state index < -0.39 is 10.0 Å². The Morgan fingerprint density at radius 3 is 2.21 bits per heavy atom. The number of nitrogens with one attached hydrogen (secondary N) is 2. The average molecular weight is 433 g/mol. The Kier molecular flexibility index (Phi) is 4.52. The third kappa shape index (κ3) is 3.71. The molecule has 0 unspecified atom stereocenters. The molecule has 1 heterocycles. The standard InChI is InChI=1S/C20H24N4O3S2/c1-12-2-4-16(5-3-12)17(25)21-18-22-23-19(28-18)29(26,27)24-20-9-13-6-14(10-20)8-15(7-13)11-20/h2-5,13-15,24H,6-11H2,1H3,(H,21,22,25). The SMILES string of the molecule is Cc1ccc(C(=O)Nc2nnc(S(=O)(=O)NC34CC5CC(CC(C5)C3)C4)s2)cc1. The van der Waals surface area contributed by atoms with E-state index in [2.05, 4.69) is 20.2 Å². The first-order chi connectivity index (χ1) is 13.8. The summed E-state index contributed by atoms with van der Waals surface area (Å²) in [6, 6.07) is 7.14. The van der Waals surface area contributed by atoms with Crippen molar-refractivity contribution >= 4 is 32.4 Å². The van der Waals surface area contributed by atoms with Crippen molar-refractivity contribution in [2.75, 3.05) is 5.32 Å². The molecule has 2 N–H and O–H groups in total. The van der Waals surface area contributed by atoms with Crippen molar-refractivity contribution in [2.45, 2.75) is 55.3 Å². The lowest BCUT2D eigenvalue weighted by Crippen LogP contribution is -2.59. The summed E-state index contributed by atoms with van der Waals surface area (Å²) in [7, 11) is -3.76. The first kappa shape index (κ1) is 19.1. The summed E-state index contributed by atoms with van der Waals surface area (Å²) >= 11 is 0.890. The van der Waals surface area contributed by atoms with E-state index in [1.54, 1.807) is 12.1 Å². The zero-order chi connectivity index (χ0) is 20.2. The highest BCUT2D eigenvalue weighted by Gasteiger charge is 2.52. The number of nitrogens with zero attached hydrogens (tertiary/aromatic N) is 2. The Bertz CT molecular complexity index is 1010. The molecule has 29 heavy (non-hydrogen) atoms. The van der Waals surface area contributed by atoms with Crippen molar-refractivity contribution in [2.24, 2.45) is 17.8 Å². The van der Waals surface area contributed by atoms with Crippen molar-refractivity contribution in [3.8, 4) is 0 Å². The van der Waals surface area contributed by atoms with Crippen LogP contribution in [-0.2, 0) is 10.0 Å². The van der Waals surface area contributed by atoms with E-state index in [4.69, 9.17) is 0 Å². The fourth-order valence-electron chi connectivity index (χ4n) is 5.81. The minimum absolute atomic E-state index is 0.0903. The van der Waals surface area contributed by atoms with Crippen molar-refractivity contribution in [3.05, 3.63) is 35.4 Å². The number of anilines is 1. The number of sulfonamides is 1. The van der Waals surface area contributed by atoms with E-state index in [0.717, 1.165) is 36.2 Å². The van der Waals surface area contributed by atoms with E-state index in [0.29, 0.717) is 23.3 Å². The molecule has 0 atom stereocenters. The number of hydrogen-bond donors (Lipinski definition) is 2. The zero-order valence-electron chi connectivity index (χ0n) is 16.2. The Balaban J connectivity index is 1.30. The molecule has 4 saturated carbocycles. The molecule has 9 heteroatoms. The van der Waals surface area contributed by atoms with Gasteiger partial charge in [-0.2, -0.15) is 0 Å². The summed E-state index contributed by atoms with van der Waals surface area (Å²) < 4.78 is 28.9. The van der Waals surface area contributed by atoms with Gasteiger partial charge >= 0.3 is 0 Å². The van der Waals surface area contributed by atoms with Crippen LogP contribution in [0, 0.1) is 24.7 Å². The third-order valence-corrected chi connectivity index (χ3v) is 9.34. The van der Waals surface area contributed by atoms with E-state index in [9.17, 15) is 13.2 Å². The molecule has 1 aromatic carbocycles. The number of amides is 1. The van der Waals surface area contributed by atoms with Crippen LogP contribution in [0.4, 0.5) is 5.13 Å². The number of carbonyl (C=O) groups is 1. The Morgan fingerprint density at radius 1 is 1.03 bits per heavy atom. The number of rotatable bonds is 5. The fourth-order valence-corrected chi connectivity index (χ4v) is 8.14. The van der Waals surface area contributed by atoms with E-state index in [-0.39, 0.29) is 20.9 Å². The summed E-state index contributed by atoms with van der Waals surface area (Å²) in [6.45, 7) is 1.94. The highest BCUT2D eigenvalue weighted by Crippen LogP contribution is 2.56. The highest BCUT2D eigenvalue weighted by atomic mass is 32.2. The molecule has 7 nitrogen and oxygen atoms in total. The maximum atomic E-state index is 13.0. The van der Waals surface area contributed by atoms with E-state index in [1.165, 1.54) is 19.3 Å². The van der Waals surface area contributed by atoms with Crippen LogP contribution in [0.15, 0.2) is 28.6 Å². The number of aromatic nitrogens is 2. The summed E-state index contributed by atoms with van der Waals surface area (Å²) in [6.07, 6.45) is 6.51. The maximum Gasteiger partial charge on any atom is 0.270 e. The molecular formula is C20H24N4O3S2. The molecule has 4 aliphatic rings. The first-order valence-electron chi connectivity index (χ1n) is 10.1. The average Bonchev–Trinajstić information content (AvgIpc) is 3.09. The molecule has 4 bridgehead atoms. The van der Waals surface area contributed by atoms with Gasteiger partial charge in [0, 0.05) is 11.1 Å². The number of carbonyl (C=O) groups excluding carboxylic acids is 1. The topological polar surface area (TPSA) is 101 Å². The molecule has 0 saturated heterocycles. The van der Waals surface area contributed by atoms with Crippen LogP contribution in [0.3, 0.4) is 0 Å². The van der Waals surface area contributed by atoms with Crippen LogP contribution in [-0.4, -0.2) is 30.1 Å². The maximum absolute atomic E-state index is 13.0. The van der Waals surface area contributed by atoms with Gasteiger partial charge in [-0.25, -0.2) is 13.1 Å². The van der Waals surface area contributed by atoms with Gasteiger partial charge in [0.1, 0.15) is 0 Å². The molecular weight excluding hydrogens is 408 g/mol. The number of benzene rings is 1. The number of hydrogen-bond acceptors (Lipinski definition) is 6. The predicted octanol–water partition coefficient (Wildman–Crippen LogP) is 3.35. The first-order valence-corrected chi connectivity index (χ1v) is 12.4. The molecule has 2 aromatic rings. The molecule has 0 spiro atoms. The molecule has 0 aliphatic heterocycles. The Hall–Kier alpha value is -1.84. The molecule has 154 valence electrons. The van der Waals surface area contributed by atoms with Gasteiger partial charge in [0.2, 0.25) is 9.47 Å². The second-order valence-corrected chi connectivity index (χ2v) is 11.8. The highest BCUT2D eigenvalue weighted by molar-refractivity contribution is 7.91. The lowest BCUT2D eigenvalue weighted by atomic mass is 9.53. The monoisotopic (exact) mass is 432 g/mol. The van der Waals surface area contributed by atoms with Crippen LogP contribution in [0.5, 0.6) is 0 Å². The lowest BCUT2D eigenvalue weighted by molar-refractivity contribution is -0.00811. The second-order valence-electron chi connectivity index (χ2n) is 9.00. The van der Waals surface area contributed by atoms with Gasteiger partial charge in [-0.3, -0.25) is 10.1 Å². The van der Waals surface area contributed by atoms with Crippen LogP contribution in [0.2, 0.25) is 0 Å². The Labute approximate surface area is 174 Å². The smallest absolute Gasteiger partial charge is 0.270 e. The van der Waals surface area contributed by atoms with Crippen LogP contribution in [0.1, 0.15) is 54.4 Å². The Morgan fingerprint density at radius 2 is 1.62 bits per heavy atom. The van der Waals surface area contributed by atoms with Crippen LogP contribution < -0.4 is 10.0 Å².